The number of ether oxygens (including phenoxy) is 1. The minimum atomic E-state index is -2.79. The number of carbonyl (C=O) groups excluding carboxylic acids is 4. The summed E-state index contributed by atoms with van der Waals surface area (Å²) in [7, 11) is 0. The molecule has 0 bridgehead atoms. The van der Waals surface area contributed by atoms with E-state index in [0.29, 0.717) is 0 Å². The largest absolute Gasteiger partial charge is 0.451 e. The Bertz CT molecular complexity index is 2320. The molecule has 0 aromatic heterocycles. The average Bonchev–Trinajstić information content (AvgIpc) is 3.27. The Hall–Kier alpha value is -6.21. The molecule has 2 heterocycles. The lowest BCUT2D eigenvalue weighted by Crippen LogP contribution is -2.74. The molecule has 2 unspecified atom stereocenters. The Balaban J connectivity index is 1.22. The monoisotopic (exact) mass is 786 g/mol. The molecule has 8 rings (SSSR count). The first-order chi connectivity index (χ1) is 27.9. The van der Waals surface area contributed by atoms with E-state index in [2.05, 4.69) is 5.32 Å². The van der Waals surface area contributed by atoms with E-state index in [-0.39, 0.29) is 23.7 Å². The maximum Gasteiger partial charge on any atom is 0.334 e. The number of carbonyl (C=O) groups is 4. The topological polar surface area (TPSA) is 92.8 Å². The summed E-state index contributed by atoms with van der Waals surface area (Å²) in [5, 5.41) is 6.84. The molecule has 2 aliphatic heterocycles. The lowest BCUT2D eigenvalue weighted by atomic mass is 9.95. The number of esters is 1. The smallest absolute Gasteiger partial charge is 0.334 e. The van der Waals surface area contributed by atoms with Crippen molar-refractivity contribution in [2.45, 2.75) is 30.0 Å². The normalized spacial score (nSPS) is 17.4. The Morgan fingerprint density at radius 2 is 1.09 bits per heavy atom. The molecule has 1 saturated heterocycles. The fraction of sp³-hybridized carbons (Fsp3) is 0.104. The van der Waals surface area contributed by atoms with E-state index in [0.717, 1.165) is 32.6 Å². The third-order valence-corrected chi connectivity index (χ3v) is 15.4. The molecule has 2 amide bonds. The quantitative estimate of drug-likeness (QED) is 0.0857. The molecule has 0 saturated carbocycles. The fourth-order valence-electron chi connectivity index (χ4n) is 7.51. The second-order valence-corrected chi connectivity index (χ2v) is 18.1. The van der Waals surface area contributed by atoms with Crippen LogP contribution in [-0.4, -0.2) is 51.7 Å². The van der Waals surface area contributed by atoms with Crippen LogP contribution in [0.4, 0.5) is 0 Å². The summed E-state index contributed by atoms with van der Waals surface area (Å²) in [6.45, 7) is -2.79. The Kier molecular flexibility index (Phi) is 11.2. The summed E-state index contributed by atoms with van der Waals surface area (Å²) in [5.41, 5.74) is 2.43. The number of nitrogens with one attached hydrogen (secondary N) is 1. The lowest BCUT2D eigenvalue weighted by Gasteiger charge is -2.51. The van der Waals surface area contributed by atoms with Gasteiger partial charge < -0.3 is 15.0 Å². The molecule has 0 aliphatic carbocycles. The second kappa shape index (κ2) is 16.9. The SMILES string of the molecule is O=C(Cc1ccccc1)NC1C(=O)N2C(C(=O)OC(c3ccccc3)c3ccccc3)C(C(=O)C=P(c3ccccc3)(c3ccccc3)c3ccccc3)=CS[C@H]12. The molecule has 2 aliphatic rings. The summed E-state index contributed by atoms with van der Waals surface area (Å²) >= 11 is 1.25. The number of thioether (sulfide) groups is 1. The molecule has 0 radical (unpaired) electrons. The van der Waals surface area contributed by atoms with Crippen molar-refractivity contribution >= 4 is 63.9 Å². The van der Waals surface area contributed by atoms with E-state index in [1.165, 1.54) is 16.7 Å². The number of hydrogen-bond donors (Lipinski definition) is 1. The van der Waals surface area contributed by atoms with Gasteiger partial charge in [0.25, 0.3) is 0 Å². The Morgan fingerprint density at radius 3 is 1.56 bits per heavy atom. The third kappa shape index (κ3) is 7.67. The van der Waals surface area contributed by atoms with E-state index >= 15 is 4.79 Å². The van der Waals surface area contributed by atoms with Crippen molar-refractivity contribution in [3.63, 3.8) is 0 Å². The predicted molar refractivity (Wildman–Crippen MR) is 229 cm³/mol. The zero-order valence-electron chi connectivity index (χ0n) is 30.8. The number of nitrogens with zero attached hydrogens (tertiary/aromatic N) is 1. The number of Topliss-reactive ketones (excluding diaryl/α,β-unsaturated/α-hetero) is 1. The highest BCUT2D eigenvalue weighted by Gasteiger charge is 2.57. The van der Waals surface area contributed by atoms with E-state index in [1.807, 2.05) is 182 Å². The molecule has 1 N–H and O–H groups in total. The molecule has 1 fully saturated rings. The van der Waals surface area contributed by atoms with Crippen LogP contribution in [0.15, 0.2) is 193 Å². The van der Waals surface area contributed by atoms with Gasteiger partial charge in [-0.05, 0) is 50.7 Å². The molecule has 6 aromatic carbocycles. The number of hydrogen-bond acceptors (Lipinski definition) is 6. The van der Waals surface area contributed by atoms with Gasteiger partial charge in [0.1, 0.15) is 11.4 Å². The van der Waals surface area contributed by atoms with Gasteiger partial charge in [-0.2, -0.15) is 0 Å². The summed E-state index contributed by atoms with van der Waals surface area (Å²) < 4.78 is 6.40. The molecule has 282 valence electrons. The van der Waals surface area contributed by atoms with Crippen LogP contribution in [0.2, 0.25) is 0 Å². The number of amides is 2. The van der Waals surface area contributed by atoms with Gasteiger partial charge in [-0.25, -0.2) is 4.79 Å². The number of ketones is 1. The van der Waals surface area contributed by atoms with Gasteiger partial charge >= 0.3 is 5.97 Å². The van der Waals surface area contributed by atoms with Crippen molar-refractivity contribution in [3.05, 3.63) is 210 Å². The molecule has 9 heteroatoms. The molecular formula is C48H39N2O5PS. The van der Waals surface area contributed by atoms with Gasteiger partial charge in [-0.15, -0.1) is 11.8 Å². The summed E-state index contributed by atoms with van der Waals surface area (Å²) in [4.78, 5) is 58.8. The van der Waals surface area contributed by atoms with Crippen molar-refractivity contribution < 1.29 is 23.9 Å². The third-order valence-electron chi connectivity index (χ3n) is 10.3. The predicted octanol–water partition coefficient (Wildman–Crippen LogP) is 6.58. The maximum atomic E-state index is 15.2. The van der Waals surface area contributed by atoms with E-state index in [9.17, 15) is 14.4 Å². The van der Waals surface area contributed by atoms with Crippen molar-refractivity contribution in [1.82, 2.24) is 10.2 Å². The standard InChI is InChI=1S/C48H39N2O5PS/c51-41(32-56(37-25-13-4-14-26-37,38-27-15-5-16-28-38)39-29-17-6-18-30-39)40-33-57-47-43(49-42(52)31-34-19-7-1-8-20-34)46(53)50(47)44(40)48(54)55-45(35-21-9-2-10-22-35)36-23-11-3-12-24-36/h1-30,32-33,43-45,47H,31H2,(H,49,52)/t43?,44?,47-/m1/s1. The van der Waals surface area contributed by atoms with Crippen molar-refractivity contribution in [3.8, 4) is 0 Å². The highest BCUT2D eigenvalue weighted by Crippen LogP contribution is 2.46. The van der Waals surface area contributed by atoms with E-state index < -0.39 is 42.3 Å². The molecule has 3 atom stereocenters. The highest BCUT2D eigenvalue weighted by molar-refractivity contribution is 8.03. The van der Waals surface area contributed by atoms with Crippen LogP contribution in [-0.2, 0) is 30.3 Å². The highest BCUT2D eigenvalue weighted by atomic mass is 32.2. The van der Waals surface area contributed by atoms with Gasteiger partial charge in [0.2, 0.25) is 11.8 Å². The maximum absolute atomic E-state index is 15.2. The van der Waals surface area contributed by atoms with Gasteiger partial charge in [0.05, 0.1) is 6.42 Å². The zero-order chi connectivity index (χ0) is 39.2. The number of benzene rings is 6. The van der Waals surface area contributed by atoms with Crippen molar-refractivity contribution in [2.24, 2.45) is 0 Å². The van der Waals surface area contributed by atoms with Gasteiger partial charge in [0, 0.05) is 5.57 Å². The lowest BCUT2D eigenvalue weighted by molar-refractivity contribution is -0.165. The van der Waals surface area contributed by atoms with Crippen LogP contribution < -0.4 is 21.2 Å². The van der Waals surface area contributed by atoms with Crippen LogP contribution >= 0.6 is 18.6 Å². The van der Waals surface area contributed by atoms with Crippen LogP contribution in [0, 0.1) is 0 Å². The number of rotatable bonds is 12. The fourth-order valence-corrected chi connectivity index (χ4v) is 12.5. The first-order valence-electron chi connectivity index (χ1n) is 18.7. The first-order valence-corrected chi connectivity index (χ1v) is 21.5. The van der Waals surface area contributed by atoms with Gasteiger partial charge in [0.15, 0.2) is 17.9 Å². The number of fused-ring (bicyclic) bond motifs is 1. The molecule has 57 heavy (non-hydrogen) atoms. The van der Waals surface area contributed by atoms with Gasteiger partial charge in [-0.3, -0.25) is 14.4 Å². The zero-order valence-corrected chi connectivity index (χ0v) is 32.5. The van der Waals surface area contributed by atoms with E-state index in [1.54, 1.807) is 11.2 Å². The van der Waals surface area contributed by atoms with Crippen LogP contribution in [0.25, 0.3) is 0 Å². The summed E-state index contributed by atoms with van der Waals surface area (Å²) in [6.07, 6.45) is -0.710. The minimum absolute atomic E-state index is 0.0993. The van der Waals surface area contributed by atoms with E-state index in [4.69, 9.17) is 4.74 Å². The molecule has 0 spiro atoms. The van der Waals surface area contributed by atoms with Crippen molar-refractivity contribution in [1.29, 1.82) is 0 Å². The first kappa shape index (κ1) is 37.7. The minimum Gasteiger partial charge on any atom is -0.451 e. The van der Waals surface area contributed by atoms with Crippen LogP contribution in [0.3, 0.4) is 0 Å². The second-order valence-electron chi connectivity index (χ2n) is 13.8. The molecule has 6 aromatic rings. The Morgan fingerprint density at radius 1 is 0.649 bits per heavy atom. The summed E-state index contributed by atoms with van der Waals surface area (Å²) in [6, 6.07) is 55.7. The van der Waals surface area contributed by atoms with Crippen molar-refractivity contribution in [2.75, 3.05) is 0 Å². The number of β-lactam (4-membered cyclic amide) rings is 1. The molecular weight excluding hydrogens is 748 g/mol. The summed E-state index contributed by atoms with van der Waals surface area (Å²) in [5.74, 6) is -0.116. The van der Waals surface area contributed by atoms with Crippen LogP contribution in [0.1, 0.15) is 22.8 Å². The Labute approximate surface area is 336 Å². The molecule has 7 nitrogen and oxygen atoms in total. The van der Waals surface area contributed by atoms with Gasteiger partial charge in [-0.1, -0.05) is 182 Å². The average molecular weight is 787 g/mol. The van der Waals surface area contributed by atoms with Crippen LogP contribution in [0.5, 0.6) is 0 Å².